The lowest BCUT2D eigenvalue weighted by molar-refractivity contribution is 0.331. The highest BCUT2D eigenvalue weighted by Crippen LogP contribution is 2.48. The Bertz CT molecular complexity index is 220. The molecule has 0 heterocycles. The van der Waals surface area contributed by atoms with Gasteiger partial charge in [-0.25, -0.2) is 0 Å². The van der Waals surface area contributed by atoms with Gasteiger partial charge in [-0.1, -0.05) is 52.4 Å². The molecule has 0 aromatic carbocycles. The maximum Gasteiger partial charge on any atom is 0.00671 e. The van der Waals surface area contributed by atoms with Gasteiger partial charge in [-0.05, 0) is 62.8 Å². The first-order chi connectivity index (χ1) is 9.85. The fraction of sp³-hybridized carbons (Fsp3) is 1.00. The van der Waals surface area contributed by atoms with Crippen LogP contribution in [0, 0.1) is 17.8 Å². The fourth-order valence-corrected chi connectivity index (χ4v) is 3.70. The minimum atomic E-state index is 0.813. The van der Waals surface area contributed by atoms with E-state index in [0.717, 1.165) is 23.8 Å². The topological polar surface area (TPSA) is 12.0 Å². The van der Waals surface area contributed by atoms with Gasteiger partial charge in [0.2, 0.25) is 0 Å². The van der Waals surface area contributed by atoms with Gasteiger partial charge in [0, 0.05) is 6.04 Å². The van der Waals surface area contributed by atoms with Gasteiger partial charge in [-0.3, -0.25) is 0 Å². The second-order valence-corrected chi connectivity index (χ2v) is 7.44. The van der Waals surface area contributed by atoms with Gasteiger partial charge in [0.1, 0.15) is 0 Å². The minimum Gasteiger partial charge on any atom is -0.314 e. The van der Waals surface area contributed by atoms with Crippen molar-refractivity contribution >= 4 is 0 Å². The van der Waals surface area contributed by atoms with Crippen molar-refractivity contribution in [3.05, 3.63) is 0 Å². The van der Waals surface area contributed by atoms with Gasteiger partial charge in [-0.15, -0.1) is 0 Å². The molecule has 2 rings (SSSR count). The zero-order chi connectivity index (χ0) is 14.2. The van der Waals surface area contributed by atoms with Gasteiger partial charge in [0.15, 0.2) is 0 Å². The lowest BCUT2D eigenvalue weighted by Gasteiger charge is -2.23. The standard InChI is InChI=1S/C19H37N/c1-3-5-7-9-18(10-8-6-4-2)20-15-19(16-11-12-16)17-13-14-17/h16-20H,3-15H2,1-2H3. The van der Waals surface area contributed by atoms with Crippen LogP contribution in [0.3, 0.4) is 0 Å². The number of unbranched alkanes of at least 4 members (excludes halogenated alkanes) is 4. The van der Waals surface area contributed by atoms with Crippen LogP contribution in [-0.4, -0.2) is 12.6 Å². The Morgan fingerprint density at radius 2 is 1.30 bits per heavy atom. The molecule has 2 aliphatic rings. The van der Waals surface area contributed by atoms with E-state index in [4.69, 9.17) is 0 Å². The van der Waals surface area contributed by atoms with Crippen LogP contribution in [0.4, 0.5) is 0 Å². The second kappa shape index (κ2) is 9.07. The third-order valence-electron chi connectivity index (χ3n) is 5.41. The lowest BCUT2D eigenvalue weighted by Crippen LogP contribution is -2.35. The van der Waals surface area contributed by atoms with Crippen molar-refractivity contribution in [2.75, 3.05) is 6.54 Å². The first-order valence-electron chi connectivity index (χ1n) is 9.58. The molecule has 0 aliphatic heterocycles. The molecular formula is C19H37N. The lowest BCUT2D eigenvalue weighted by atomic mass is 9.96. The van der Waals surface area contributed by atoms with Gasteiger partial charge in [0.05, 0.1) is 0 Å². The molecule has 0 bridgehead atoms. The molecule has 1 heteroatoms. The Hall–Kier alpha value is -0.0400. The largest absolute Gasteiger partial charge is 0.314 e. The summed E-state index contributed by atoms with van der Waals surface area (Å²) in [7, 11) is 0. The Morgan fingerprint density at radius 1 is 0.800 bits per heavy atom. The average Bonchev–Trinajstić information content (AvgIpc) is 3.32. The van der Waals surface area contributed by atoms with E-state index in [1.54, 1.807) is 0 Å². The summed E-state index contributed by atoms with van der Waals surface area (Å²) in [4.78, 5) is 0. The molecule has 2 aliphatic carbocycles. The number of hydrogen-bond donors (Lipinski definition) is 1. The summed E-state index contributed by atoms with van der Waals surface area (Å²) in [5, 5.41) is 3.98. The van der Waals surface area contributed by atoms with Gasteiger partial charge in [0.25, 0.3) is 0 Å². The van der Waals surface area contributed by atoms with Gasteiger partial charge in [-0.2, -0.15) is 0 Å². The Morgan fingerprint density at radius 3 is 1.70 bits per heavy atom. The number of rotatable bonds is 13. The maximum atomic E-state index is 3.98. The molecule has 20 heavy (non-hydrogen) atoms. The molecule has 118 valence electrons. The highest BCUT2D eigenvalue weighted by Gasteiger charge is 2.41. The van der Waals surface area contributed by atoms with Crippen molar-refractivity contribution in [3.8, 4) is 0 Å². The molecule has 0 radical (unpaired) electrons. The van der Waals surface area contributed by atoms with Crippen LogP contribution in [0.5, 0.6) is 0 Å². The van der Waals surface area contributed by atoms with Crippen molar-refractivity contribution < 1.29 is 0 Å². The summed E-state index contributed by atoms with van der Waals surface area (Å²) < 4.78 is 0. The molecule has 1 N–H and O–H groups in total. The SMILES string of the molecule is CCCCCC(CCCCC)NCC(C1CC1)C1CC1. The van der Waals surface area contributed by atoms with Crippen LogP contribution in [0.1, 0.15) is 90.9 Å². The molecule has 0 aromatic heterocycles. The average molecular weight is 280 g/mol. The van der Waals surface area contributed by atoms with Gasteiger partial charge >= 0.3 is 0 Å². The van der Waals surface area contributed by atoms with Crippen LogP contribution >= 0.6 is 0 Å². The third-order valence-corrected chi connectivity index (χ3v) is 5.41. The predicted molar refractivity (Wildman–Crippen MR) is 89.0 cm³/mol. The summed E-state index contributed by atoms with van der Waals surface area (Å²) in [5.74, 6) is 3.23. The Kier molecular flexibility index (Phi) is 7.41. The summed E-state index contributed by atoms with van der Waals surface area (Å²) in [6.45, 7) is 5.96. The summed E-state index contributed by atoms with van der Waals surface area (Å²) in [6.07, 6.45) is 17.3. The van der Waals surface area contributed by atoms with Crippen molar-refractivity contribution in [2.45, 2.75) is 96.9 Å². The van der Waals surface area contributed by atoms with Crippen molar-refractivity contribution in [1.29, 1.82) is 0 Å². The monoisotopic (exact) mass is 279 g/mol. The molecule has 2 fully saturated rings. The van der Waals surface area contributed by atoms with E-state index in [0.29, 0.717) is 0 Å². The molecule has 0 saturated heterocycles. The van der Waals surface area contributed by atoms with E-state index in [1.165, 1.54) is 83.6 Å². The number of nitrogens with one attached hydrogen (secondary N) is 1. The van der Waals surface area contributed by atoms with Crippen LogP contribution < -0.4 is 5.32 Å². The highest BCUT2D eigenvalue weighted by molar-refractivity contribution is 4.92. The van der Waals surface area contributed by atoms with Gasteiger partial charge < -0.3 is 5.32 Å². The first-order valence-corrected chi connectivity index (χ1v) is 9.58. The van der Waals surface area contributed by atoms with Crippen LogP contribution in [0.2, 0.25) is 0 Å². The first kappa shape index (κ1) is 16.3. The van der Waals surface area contributed by atoms with E-state index in [-0.39, 0.29) is 0 Å². The smallest absolute Gasteiger partial charge is 0.00671 e. The highest BCUT2D eigenvalue weighted by atomic mass is 14.9. The van der Waals surface area contributed by atoms with E-state index < -0.39 is 0 Å². The van der Waals surface area contributed by atoms with E-state index >= 15 is 0 Å². The van der Waals surface area contributed by atoms with E-state index in [9.17, 15) is 0 Å². The van der Waals surface area contributed by atoms with Crippen LogP contribution in [0.25, 0.3) is 0 Å². The fourth-order valence-electron chi connectivity index (χ4n) is 3.70. The summed E-state index contributed by atoms with van der Waals surface area (Å²) >= 11 is 0. The third kappa shape index (κ3) is 6.16. The summed E-state index contributed by atoms with van der Waals surface area (Å²) in [5.41, 5.74) is 0. The normalized spacial score (nSPS) is 19.2. The molecule has 0 aromatic rings. The zero-order valence-electron chi connectivity index (χ0n) is 14.0. The molecule has 0 atom stereocenters. The van der Waals surface area contributed by atoms with Crippen LogP contribution in [0.15, 0.2) is 0 Å². The molecule has 0 amide bonds. The minimum absolute atomic E-state index is 0.813. The molecular weight excluding hydrogens is 242 g/mol. The van der Waals surface area contributed by atoms with E-state index in [2.05, 4.69) is 19.2 Å². The summed E-state index contributed by atoms with van der Waals surface area (Å²) in [6, 6.07) is 0.813. The molecule has 1 nitrogen and oxygen atoms in total. The van der Waals surface area contributed by atoms with Crippen molar-refractivity contribution in [2.24, 2.45) is 17.8 Å². The zero-order valence-corrected chi connectivity index (χ0v) is 14.0. The Balaban J connectivity index is 1.66. The number of hydrogen-bond acceptors (Lipinski definition) is 1. The maximum absolute atomic E-state index is 3.98. The van der Waals surface area contributed by atoms with E-state index in [1.807, 2.05) is 0 Å². The van der Waals surface area contributed by atoms with Crippen molar-refractivity contribution in [1.82, 2.24) is 5.32 Å². The van der Waals surface area contributed by atoms with Crippen LogP contribution in [-0.2, 0) is 0 Å². The predicted octanol–water partition coefficient (Wildman–Crippen LogP) is 5.54. The van der Waals surface area contributed by atoms with Crippen molar-refractivity contribution in [3.63, 3.8) is 0 Å². The quantitative estimate of drug-likeness (QED) is 0.436. The molecule has 2 saturated carbocycles. The second-order valence-electron chi connectivity index (χ2n) is 7.44. The Labute approximate surface area is 127 Å². The molecule has 0 spiro atoms. The molecule has 0 unspecified atom stereocenters.